The summed E-state index contributed by atoms with van der Waals surface area (Å²) in [4.78, 5) is 38.6. The SMILES string of the molecule is CCOc1ccccc1C(=O)NCCNC(=O)c1nc(-c2ccc([N+](=O)[O-])cc2)no1. The maximum Gasteiger partial charge on any atom is 0.316 e. The third kappa shape index (κ3) is 5.41. The summed E-state index contributed by atoms with van der Waals surface area (Å²) in [6.45, 7) is 2.58. The number of benzene rings is 2. The summed E-state index contributed by atoms with van der Waals surface area (Å²) < 4.78 is 10.4. The first-order valence-corrected chi connectivity index (χ1v) is 9.36. The second-order valence-corrected chi connectivity index (χ2v) is 6.17. The molecule has 2 aromatic carbocycles. The maximum atomic E-state index is 12.3. The highest BCUT2D eigenvalue weighted by Crippen LogP contribution is 2.20. The molecule has 11 nitrogen and oxygen atoms in total. The number of nitro groups is 1. The maximum absolute atomic E-state index is 12.3. The molecule has 11 heteroatoms. The van der Waals surface area contributed by atoms with Crippen LogP contribution in [0.1, 0.15) is 28.0 Å². The molecule has 0 fully saturated rings. The monoisotopic (exact) mass is 425 g/mol. The van der Waals surface area contributed by atoms with E-state index in [1.807, 2.05) is 6.92 Å². The summed E-state index contributed by atoms with van der Waals surface area (Å²) in [7, 11) is 0. The van der Waals surface area contributed by atoms with Crippen molar-refractivity contribution in [3.05, 3.63) is 70.1 Å². The Bertz CT molecular complexity index is 1080. The van der Waals surface area contributed by atoms with Gasteiger partial charge in [0, 0.05) is 30.8 Å². The highest BCUT2D eigenvalue weighted by molar-refractivity contribution is 5.97. The molecule has 0 bridgehead atoms. The summed E-state index contributed by atoms with van der Waals surface area (Å²) in [6.07, 6.45) is 0. The lowest BCUT2D eigenvalue weighted by molar-refractivity contribution is -0.384. The summed E-state index contributed by atoms with van der Waals surface area (Å²) in [5.41, 5.74) is 0.796. The van der Waals surface area contributed by atoms with Gasteiger partial charge in [-0.3, -0.25) is 19.7 Å². The second kappa shape index (κ2) is 9.96. The van der Waals surface area contributed by atoms with E-state index in [-0.39, 0.29) is 36.4 Å². The number of carbonyl (C=O) groups excluding carboxylic acids is 2. The molecule has 3 aromatic rings. The lowest BCUT2D eigenvalue weighted by Crippen LogP contribution is -2.35. The first-order chi connectivity index (χ1) is 15.0. The van der Waals surface area contributed by atoms with Crippen LogP contribution in [0.3, 0.4) is 0 Å². The Labute approximate surface area is 176 Å². The molecular formula is C20H19N5O6. The Kier molecular flexibility index (Phi) is 6.89. The zero-order chi connectivity index (χ0) is 22.2. The minimum Gasteiger partial charge on any atom is -0.493 e. The van der Waals surface area contributed by atoms with Crippen LogP contribution in [-0.2, 0) is 0 Å². The molecule has 0 saturated carbocycles. The normalized spacial score (nSPS) is 10.4. The number of amides is 2. The van der Waals surface area contributed by atoms with E-state index in [1.165, 1.54) is 24.3 Å². The number of hydrogen-bond acceptors (Lipinski definition) is 8. The fourth-order valence-corrected chi connectivity index (χ4v) is 2.62. The van der Waals surface area contributed by atoms with Crippen LogP contribution in [0.15, 0.2) is 53.1 Å². The molecule has 2 amide bonds. The number of para-hydroxylation sites is 1. The van der Waals surface area contributed by atoms with E-state index in [4.69, 9.17) is 9.26 Å². The van der Waals surface area contributed by atoms with Crippen molar-refractivity contribution < 1.29 is 23.8 Å². The first-order valence-electron chi connectivity index (χ1n) is 9.36. The molecule has 1 aromatic heterocycles. The van der Waals surface area contributed by atoms with E-state index in [0.29, 0.717) is 23.5 Å². The lowest BCUT2D eigenvalue weighted by Gasteiger charge is -2.10. The number of carbonyl (C=O) groups is 2. The Morgan fingerprint density at radius 1 is 1.06 bits per heavy atom. The molecule has 0 spiro atoms. The third-order valence-corrected chi connectivity index (χ3v) is 4.08. The fraction of sp³-hybridized carbons (Fsp3) is 0.200. The van der Waals surface area contributed by atoms with Gasteiger partial charge in [-0.25, -0.2) is 0 Å². The van der Waals surface area contributed by atoms with Crippen LogP contribution in [-0.4, -0.2) is 46.6 Å². The van der Waals surface area contributed by atoms with Crippen molar-refractivity contribution in [1.82, 2.24) is 20.8 Å². The van der Waals surface area contributed by atoms with Gasteiger partial charge in [-0.1, -0.05) is 17.3 Å². The van der Waals surface area contributed by atoms with Crippen LogP contribution >= 0.6 is 0 Å². The highest BCUT2D eigenvalue weighted by Gasteiger charge is 2.17. The van der Waals surface area contributed by atoms with Crippen molar-refractivity contribution in [2.24, 2.45) is 0 Å². The number of nitro benzene ring substituents is 1. The van der Waals surface area contributed by atoms with Gasteiger partial charge in [-0.15, -0.1) is 0 Å². The lowest BCUT2D eigenvalue weighted by atomic mass is 10.2. The van der Waals surface area contributed by atoms with Gasteiger partial charge >= 0.3 is 11.8 Å². The van der Waals surface area contributed by atoms with Gasteiger partial charge in [-0.05, 0) is 31.2 Å². The molecular weight excluding hydrogens is 406 g/mol. The predicted molar refractivity (Wildman–Crippen MR) is 109 cm³/mol. The Balaban J connectivity index is 1.50. The van der Waals surface area contributed by atoms with Gasteiger partial charge in [-0.2, -0.15) is 4.98 Å². The molecule has 0 radical (unpaired) electrons. The summed E-state index contributed by atoms with van der Waals surface area (Å²) in [6, 6.07) is 12.4. The van der Waals surface area contributed by atoms with E-state index in [2.05, 4.69) is 20.8 Å². The van der Waals surface area contributed by atoms with Gasteiger partial charge in [0.05, 0.1) is 17.1 Å². The number of nitrogens with one attached hydrogen (secondary N) is 2. The van der Waals surface area contributed by atoms with Gasteiger partial charge in [0.1, 0.15) is 5.75 Å². The molecule has 3 rings (SSSR count). The van der Waals surface area contributed by atoms with Gasteiger partial charge < -0.3 is 19.9 Å². The average molecular weight is 425 g/mol. The highest BCUT2D eigenvalue weighted by atomic mass is 16.6. The second-order valence-electron chi connectivity index (χ2n) is 6.17. The van der Waals surface area contributed by atoms with E-state index >= 15 is 0 Å². The largest absolute Gasteiger partial charge is 0.493 e. The molecule has 0 aliphatic rings. The topological polar surface area (TPSA) is 149 Å². The molecule has 0 aliphatic carbocycles. The first kappa shape index (κ1) is 21.4. The summed E-state index contributed by atoms with van der Waals surface area (Å²) in [5.74, 6) is -0.584. The smallest absolute Gasteiger partial charge is 0.316 e. The molecule has 31 heavy (non-hydrogen) atoms. The number of rotatable bonds is 9. The van der Waals surface area contributed by atoms with Crippen molar-refractivity contribution >= 4 is 17.5 Å². The molecule has 0 saturated heterocycles. The Morgan fingerprint density at radius 2 is 1.74 bits per heavy atom. The number of aromatic nitrogens is 2. The molecule has 0 unspecified atom stereocenters. The zero-order valence-electron chi connectivity index (χ0n) is 16.5. The molecule has 1 heterocycles. The zero-order valence-corrected chi connectivity index (χ0v) is 16.5. The van der Waals surface area contributed by atoms with Gasteiger partial charge in [0.25, 0.3) is 11.6 Å². The number of nitrogens with zero attached hydrogens (tertiary/aromatic N) is 3. The fourth-order valence-electron chi connectivity index (χ4n) is 2.62. The van der Waals surface area contributed by atoms with Crippen molar-refractivity contribution in [3.63, 3.8) is 0 Å². The van der Waals surface area contributed by atoms with E-state index < -0.39 is 10.8 Å². The van der Waals surface area contributed by atoms with Crippen LogP contribution in [0.25, 0.3) is 11.4 Å². The summed E-state index contributed by atoms with van der Waals surface area (Å²) in [5, 5.41) is 19.7. The van der Waals surface area contributed by atoms with Crippen molar-refractivity contribution in [2.75, 3.05) is 19.7 Å². The number of non-ortho nitro benzene ring substituents is 1. The third-order valence-electron chi connectivity index (χ3n) is 4.08. The van der Waals surface area contributed by atoms with Crippen LogP contribution in [0.4, 0.5) is 5.69 Å². The van der Waals surface area contributed by atoms with E-state index in [1.54, 1.807) is 24.3 Å². The van der Waals surface area contributed by atoms with E-state index in [9.17, 15) is 19.7 Å². The standard InChI is InChI=1S/C20H19N5O6/c1-2-30-16-6-4-3-5-15(16)18(26)21-11-12-22-19(27)20-23-17(24-31-20)13-7-9-14(10-8-13)25(28)29/h3-10H,2,11-12H2,1H3,(H,21,26)(H,22,27). The van der Waals surface area contributed by atoms with Gasteiger partial charge in [0.2, 0.25) is 5.82 Å². The molecule has 0 atom stereocenters. The number of hydrogen-bond donors (Lipinski definition) is 2. The minimum atomic E-state index is -0.607. The molecule has 0 aliphatic heterocycles. The van der Waals surface area contributed by atoms with Crippen molar-refractivity contribution in [1.29, 1.82) is 0 Å². The van der Waals surface area contributed by atoms with Crippen LogP contribution < -0.4 is 15.4 Å². The quantitative estimate of drug-likeness (QED) is 0.301. The number of ether oxygens (including phenoxy) is 1. The molecule has 2 N–H and O–H groups in total. The minimum absolute atomic E-state index is 0.0730. The van der Waals surface area contributed by atoms with Gasteiger partial charge in [0.15, 0.2) is 0 Å². The summed E-state index contributed by atoms with van der Waals surface area (Å²) >= 11 is 0. The van der Waals surface area contributed by atoms with Crippen LogP contribution in [0.2, 0.25) is 0 Å². The predicted octanol–water partition coefficient (Wildman–Crippen LogP) is 2.20. The Morgan fingerprint density at radius 3 is 2.42 bits per heavy atom. The average Bonchev–Trinajstić information content (AvgIpc) is 3.27. The van der Waals surface area contributed by atoms with Crippen LogP contribution in [0.5, 0.6) is 5.75 Å². The van der Waals surface area contributed by atoms with Crippen molar-refractivity contribution in [2.45, 2.75) is 6.92 Å². The molecule has 160 valence electrons. The van der Waals surface area contributed by atoms with Crippen molar-refractivity contribution in [3.8, 4) is 17.1 Å². The Hall–Kier alpha value is -4.28. The van der Waals surface area contributed by atoms with Crippen LogP contribution in [0, 0.1) is 10.1 Å². The van der Waals surface area contributed by atoms with E-state index in [0.717, 1.165) is 0 Å².